The zero-order valence-electron chi connectivity index (χ0n) is 12.3. The molecular formula is C15H21N5. The highest BCUT2D eigenvalue weighted by molar-refractivity contribution is 5.57. The number of aryl methyl sites for hydroxylation is 1. The van der Waals surface area contributed by atoms with E-state index in [1.54, 1.807) is 0 Å². The highest BCUT2D eigenvalue weighted by Gasteiger charge is 2.19. The van der Waals surface area contributed by atoms with Crippen molar-refractivity contribution in [2.75, 3.05) is 12.4 Å². The number of fused-ring (bicyclic) bond motifs is 1. The van der Waals surface area contributed by atoms with Gasteiger partial charge in [0.2, 0.25) is 0 Å². The molecule has 1 aliphatic carbocycles. The topological polar surface area (TPSA) is 55.6 Å². The van der Waals surface area contributed by atoms with Crippen molar-refractivity contribution >= 4 is 5.82 Å². The average Bonchev–Trinajstić information content (AvgIpc) is 2.95. The van der Waals surface area contributed by atoms with Gasteiger partial charge in [0.15, 0.2) is 5.82 Å². The quantitative estimate of drug-likeness (QED) is 0.932. The third-order valence-electron chi connectivity index (χ3n) is 3.87. The van der Waals surface area contributed by atoms with E-state index < -0.39 is 0 Å². The van der Waals surface area contributed by atoms with E-state index in [0.29, 0.717) is 6.04 Å². The molecule has 106 valence electrons. The number of aromatic nitrogens is 4. The lowest BCUT2D eigenvalue weighted by Crippen LogP contribution is -2.13. The summed E-state index contributed by atoms with van der Waals surface area (Å²) in [6.45, 7) is 4.28. The molecule has 3 rings (SSSR count). The normalized spacial score (nSPS) is 14.4. The van der Waals surface area contributed by atoms with Gasteiger partial charge in [0.1, 0.15) is 11.5 Å². The molecule has 5 nitrogen and oxygen atoms in total. The molecule has 20 heavy (non-hydrogen) atoms. The van der Waals surface area contributed by atoms with Crippen LogP contribution < -0.4 is 5.32 Å². The summed E-state index contributed by atoms with van der Waals surface area (Å²) >= 11 is 0. The van der Waals surface area contributed by atoms with E-state index in [1.807, 2.05) is 19.6 Å². The van der Waals surface area contributed by atoms with Crippen LogP contribution in [0.2, 0.25) is 0 Å². The van der Waals surface area contributed by atoms with Gasteiger partial charge >= 0.3 is 0 Å². The summed E-state index contributed by atoms with van der Waals surface area (Å²) in [5, 5.41) is 3.23. The van der Waals surface area contributed by atoms with E-state index in [-0.39, 0.29) is 0 Å². The summed E-state index contributed by atoms with van der Waals surface area (Å²) in [4.78, 5) is 13.8. The van der Waals surface area contributed by atoms with Crippen LogP contribution in [-0.4, -0.2) is 26.6 Å². The Morgan fingerprint density at radius 1 is 1.20 bits per heavy atom. The van der Waals surface area contributed by atoms with Gasteiger partial charge in [-0.25, -0.2) is 15.0 Å². The SMILES string of the molecule is CNc1nc(-c2cncn2C(C)C)nc2c1CCCC2. The maximum atomic E-state index is 4.80. The van der Waals surface area contributed by atoms with E-state index in [0.717, 1.165) is 30.2 Å². The molecular weight excluding hydrogens is 250 g/mol. The number of hydrogen-bond donors (Lipinski definition) is 1. The van der Waals surface area contributed by atoms with E-state index in [4.69, 9.17) is 9.97 Å². The van der Waals surface area contributed by atoms with Gasteiger partial charge in [0.25, 0.3) is 0 Å². The van der Waals surface area contributed by atoms with Crippen molar-refractivity contribution in [3.05, 3.63) is 23.8 Å². The first-order valence-corrected chi connectivity index (χ1v) is 7.30. The van der Waals surface area contributed by atoms with E-state index in [9.17, 15) is 0 Å². The molecule has 0 aliphatic heterocycles. The zero-order valence-corrected chi connectivity index (χ0v) is 12.3. The molecule has 0 spiro atoms. The molecule has 0 unspecified atom stereocenters. The molecule has 1 N–H and O–H groups in total. The summed E-state index contributed by atoms with van der Waals surface area (Å²) in [6.07, 6.45) is 8.28. The standard InChI is InChI=1S/C15H21N5/c1-10(2)20-9-17-8-13(20)15-18-12-7-5-4-6-11(12)14(16-3)19-15/h8-10H,4-7H2,1-3H3,(H,16,18,19). The number of nitrogens with one attached hydrogen (secondary N) is 1. The van der Waals surface area contributed by atoms with Crippen molar-refractivity contribution in [2.24, 2.45) is 0 Å². The molecule has 1 aliphatic rings. The minimum Gasteiger partial charge on any atom is -0.373 e. The van der Waals surface area contributed by atoms with Gasteiger partial charge in [0.05, 0.1) is 12.5 Å². The summed E-state index contributed by atoms with van der Waals surface area (Å²) in [5.74, 6) is 1.75. The van der Waals surface area contributed by atoms with Crippen LogP contribution in [0.5, 0.6) is 0 Å². The molecule has 0 saturated carbocycles. The molecule has 0 bridgehead atoms. The van der Waals surface area contributed by atoms with Gasteiger partial charge in [-0.05, 0) is 39.5 Å². The summed E-state index contributed by atoms with van der Waals surface area (Å²) in [6, 6.07) is 0.352. The van der Waals surface area contributed by atoms with E-state index in [2.05, 4.69) is 28.7 Å². The van der Waals surface area contributed by atoms with Crippen LogP contribution in [0.25, 0.3) is 11.5 Å². The van der Waals surface area contributed by atoms with Crippen LogP contribution in [0.1, 0.15) is 44.0 Å². The van der Waals surface area contributed by atoms with Crippen LogP contribution in [0.4, 0.5) is 5.82 Å². The Kier molecular flexibility index (Phi) is 3.42. The van der Waals surface area contributed by atoms with Crippen LogP contribution in [0, 0.1) is 0 Å². The monoisotopic (exact) mass is 271 g/mol. The number of rotatable bonds is 3. The summed E-state index contributed by atoms with van der Waals surface area (Å²) in [7, 11) is 1.93. The average molecular weight is 271 g/mol. The summed E-state index contributed by atoms with van der Waals surface area (Å²) < 4.78 is 2.12. The molecule has 5 heteroatoms. The molecule has 0 aromatic carbocycles. The number of anilines is 1. The smallest absolute Gasteiger partial charge is 0.180 e. The van der Waals surface area contributed by atoms with Crippen LogP contribution in [-0.2, 0) is 12.8 Å². The third kappa shape index (κ3) is 2.17. The molecule has 0 atom stereocenters. The first-order valence-electron chi connectivity index (χ1n) is 7.30. The Hall–Kier alpha value is -1.91. The van der Waals surface area contributed by atoms with Gasteiger partial charge < -0.3 is 9.88 Å². The first-order chi connectivity index (χ1) is 9.70. The molecule has 2 aromatic heterocycles. The second-order valence-corrected chi connectivity index (χ2v) is 5.56. The minimum atomic E-state index is 0.352. The van der Waals surface area contributed by atoms with Crippen LogP contribution in [0.3, 0.4) is 0 Å². The molecule has 2 aromatic rings. The van der Waals surface area contributed by atoms with Gasteiger partial charge in [-0.15, -0.1) is 0 Å². The fraction of sp³-hybridized carbons (Fsp3) is 0.533. The Labute approximate surface area is 119 Å². The molecule has 0 saturated heterocycles. The summed E-state index contributed by atoms with van der Waals surface area (Å²) in [5.41, 5.74) is 3.48. The predicted octanol–water partition coefficient (Wildman–Crippen LogP) is 2.84. The predicted molar refractivity (Wildman–Crippen MR) is 79.8 cm³/mol. The Balaban J connectivity index is 2.12. The Morgan fingerprint density at radius 2 is 2.00 bits per heavy atom. The van der Waals surface area contributed by atoms with Gasteiger partial charge in [-0.1, -0.05) is 0 Å². The Bertz CT molecular complexity index is 597. The second-order valence-electron chi connectivity index (χ2n) is 5.56. The molecule has 2 heterocycles. The number of hydrogen-bond acceptors (Lipinski definition) is 4. The molecule has 0 fully saturated rings. The fourth-order valence-corrected chi connectivity index (χ4v) is 2.80. The van der Waals surface area contributed by atoms with Crippen molar-refractivity contribution in [2.45, 2.75) is 45.6 Å². The van der Waals surface area contributed by atoms with E-state index >= 15 is 0 Å². The lowest BCUT2D eigenvalue weighted by atomic mass is 9.96. The second kappa shape index (κ2) is 5.23. The third-order valence-corrected chi connectivity index (χ3v) is 3.87. The largest absolute Gasteiger partial charge is 0.373 e. The highest BCUT2D eigenvalue weighted by atomic mass is 15.1. The molecule has 0 radical (unpaired) electrons. The van der Waals surface area contributed by atoms with Crippen molar-refractivity contribution in [3.8, 4) is 11.5 Å². The zero-order chi connectivity index (χ0) is 14.1. The van der Waals surface area contributed by atoms with Gasteiger partial charge in [-0.2, -0.15) is 0 Å². The lowest BCUT2D eigenvalue weighted by Gasteiger charge is -2.19. The Morgan fingerprint density at radius 3 is 2.75 bits per heavy atom. The van der Waals surface area contributed by atoms with Crippen LogP contribution in [0.15, 0.2) is 12.5 Å². The first kappa shape index (κ1) is 13.1. The minimum absolute atomic E-state index is 0.352. The van der Waals surface area contributed by atoms with Crippen molar-refractivity contribution in [3.63, 3.8) is 0 Å². The van der Waals surface area contributed by atoms with Crippen molar-refractivity contribution < 1.29 is 0 Å². The number of nitrogens with zero attached hydrogens (tertiary/aromatic N) is 4. The van der Waals surface area contributed by atoms with Crippen molar-refractivity contribution in [1.29, 1.82) is 0 Å². The maximum Gasteiger partial charge on any atom is 0.180 e. The number of imidazole rings is 1. The maximum absolute atomic E-state index is 4.80. The van der Waals surface area contributed by atoms with Crippen molar-refractivity contribution in [1.82, 2.24) is 19.5 Å². The van der Waals surface area contributed by atoms with E-state index in [1.165, 1.54) is 24.1 Å². The fourth-order valence-electron chi connectivity index (χ4n) is 2.80. The highest BCUT2D eigenvalue weighted by Crippen LogP contribution is 2.28. The van der Waals surface area contributed by atoms with Gasteiger partial charge in [-0.3, -0.25) is 0 Å². The van der Waals surface area contributed by atoms with Crippen LogP contribution >= 0.6 is 0 Å². The van der Waals surface area contributed by atoms with Gasteiger partial charge in [0, 0.05) is 24.3 Å². The molecule has 0 amide bonds. The lowest BCUT2D eigenvalue weighted by molar-refractivity contribution is 0.602.